The molecule has 0 spiro atoms. The number of aromatic nitrogens is 1. The van der Waals surface area contributed by atoms with Crippen LogP contribution in [0.5, 0.6) is 0 Å². The van der Waals surface area contributed by atoms with E-state index < -0.39 is 11.9 Å². The predicted molar refractivity (Wildman–Crippen MR) is 125 cm³/mol. The third kappa shape index (κ3) is 8.89. The minimum absolute atomic E-state index is 0.0625. The van der Waals surface area contributed by atoms with Crippen molar-refractivity contribution in [3.05, 3.63) is 47.2 Å². The molecule has 10 heteroatoms. The standard InChI is InChI=1S/C23H31FN4O4S/c1-16(2)10-11-25-22(31)21(17-4-6-18(24)7-5-17)28(13-14-32-3)20(30)9-8-19(29)27-23-26-12-15-33-23/h4-7,12,15-16,21H,8-11,13-14H2,1-3H3,(H,25,31)(H,26,27,29)/t21-/m0/s1. The summed E-state index contributed by atoms with van der Waals surface area (Å²) >= 11 is 1.28. The Balaban J connectivity index is 2.18. The Bertz CT molecular complexity index is 890. The van der Waals surface area contributed by atoms with Gasteiger partial charge in [0.2, 0.25) is 17.7 Å². The van der Waals surface area contributed by atoms with Crippen molar-refractivity contribution in [1.29, 1.82) is 0 Å². The number of hydrogen-bond donors (Lipinski definition) is 2. The van der Waals surface area contributed by atoms with Gasteiger partial charge >= 0.3 is 0 Å². The predicted octanol–water partition coefficient (Wildman–Crippen LogP) is 3.38. The van der Waals surface area contributed by atoms with Crippen molar-refractivity contribution in [3.63, 3.8) is 0 Å². The minimum atomic E-state index is -0.970. The van der Waals surface area contributed by atoms with E-state index in [1.807, 2.05) is 0 Å². The van der Waals surface area contributed by atoms with Crippen molar-refractivity contribution < 1.29 is 23.5 Å². The summed E-state index contributed by atoms with van der Waals surface area (Å²) in [6, 6.07) is 4.52. The Morgan fingerprint density at radius 1 is 1.18 bits per heavy atom. The highest BCUT2D eigenvalue weighted by Gasteiger charge is 2.31. The number of ether oxygens (including phenoxy) is 1. The molecule has 0 radical (unpaired) electrons. The zero-order valence-electron chi connectivity index (χ0n) is 19.2. The zero-order chi connectivity index (χ0) is 24.2. The number of amides is 3. The fraction of sp³-hybridized carbons (Fsp3) is 0.478. The SMILES string of the molecule is COCCN(C(=O)CCC(=O)Nc1nccs1)[C@H](C(=O)NCCC(C)C)c1ccc(F)cc1. The summed E-state index contributed by atoms with van der Waals surface area (Å²) in [4.78, 5) is 43.9. The molecular formula is C23H31FN4O4S. The van der Waals surface area contributed by atoms with E-state index in [0.717, 1.165) is 6.42 Å². The van der Waals surface area contributed by atoms with Gasteiger partial charge in [-0.25, -0.2) is 9.37 Å². The van der Waals surface area contributed by atoms with Gasteiger partial charge in [0.05, 0.1) is 6.61 Å². The molecule has 2 N–H and O–H groups in total. The van der Waals surface area contributed by atoms with E-state index in [-0.39, 0.29) is 43.7 Å². The van der Waals surface area contributed by atoms with Gasteiger partial charge in [0.15, 0.2) is 5.13 Å². The lowest BCUT2D eigenvalue weighted by atomic mass is 10.0. The highest BCUT2D eigenvalue weighted by molar-refractivity contribution is 7.13. The first-order valence-corrected chi connectivity index (χ1v) is 11.7. The number of halogens is 1. The van der Waals surface area contributed by atoms with Gasteiger partial charge in [-0.1, -0.05) is 26.0 Å². The van der Waals surface area contributed by atoms with E-state index in [0.29, 0.717) is 23.2 Å². The molecule has 2 aromatic rings. The summed E-state index contributed by atoms with van der Waals surface area (Å²) in [6.45, 7) is 4.90. The van der Waals surface area contributed by atoms with Gasteiger partial charge in [-0.15, -0.1) is 11.3 Å². The quantitative estimate of drug-likeness (QED) is 0.460. The van der Waals surface area contributed by atoms with Gasteiger partial charge in [0.25, 0.3) is 0 Å². The molecule has 1 atom stereocenters. The number of thiazole rings is 1. The molecule has 1 heterocycles. The van der Waals surface area contributed by atoms with E-state index in [1.54, 1.807) is 11.6 Å². The third-order valence-electron chi connectivity index (χ3n) is 4.87. The minimum Gasteiger partial charge on any atom is -0.383 e. The summed E-state index contributed by atoms with van der Waals surface area (Å²) in [5.41, 5.74) is 0.482. The molecule has 0 aliphatic carbocycles. The summed E-state index contributed by atoms with van der Waals surface area (Å²) in [5, 5.41) is 7.71. The van der Waals surface area contributed by atoms with Crippen LogP contribution in [0.4, 0.5) is 9.52 Å². The Kier molecular flexibility index (Phi) is 10.9. The molecule has 0 fully saturated rings. The highest BCUT2D eigenvalue weighted by atomic mass is 32.1. The molecule has 0 unspecified atom stereocenters. The molecule has 3 amide bonds. The maximum atomic E-state index is 13.5. The number of anilines is 1. The first kappa shape index (κ1) is 26.4. The van der Waals surface area contributed by atoms with Crippen molar-refractivity contribution in [3.8, 4) is 0 Å². The van der Waals surface area contributed by atoms with Gasteiger partial charge in [0.1, 0.15) is 11.9 Å². The number of methoxy groups -OCH3 is 1. The molecule has 0 saturated heterocycles. The Hall–Kier alpha value is -2.85. The summed E-state index contributed by atoms with van der Waals surface area (Å²) in [7, 11) is 1.50. The highest BCUT2D eigenvalue weighted by Crippen LogP contribution is 2.23. The van der Waals surface area contributed by atoms with Crippen molar-refractivity contribution in [2.24, 2.45) is 5.92 Å². The van der Waals surface area contributed by atoms with Crippen LogP contribution in [0.1, 0.15) is 44.7 Å². The summed E-state index contributed by atoms with van der Waals surface area (Å²) < 4.78 is 18.7. The molecule has 8 nitrogen and oxygen atoms in total. The van der Waals surface area contributed by atoms with Crippen LogP contribution >= 0.6 is 11.3 Å². The van der Waals surface area contributed by atoms with Crippen LogP contribution in [0.15, 0.2) is 35.8 Å². The van der Waals surface area contributed by atoms with E-state index in [4.69, 9.17) is 4.74 Å². The normalized spacial score (nSPS) is 11.8. The molecule has 33 heavy (non-hydrogen) atoms. The van der Waals surface area contributed by atoms with Gasteiger partial charge in [-0.3, -0.25) is 14.4 Å². The summed E-state index contributed by atoms with van der Waals surface area (Å²) in [6.07, 6.45) is 2.19. The lowest BCUT2D eigenvalue weighted by Crippen LogP contribution is -2.45. The number of nitrogens with one attached hydrogen (secondary N) is 2. The number of nitrogens with zero attached hydrogens (tertiary/aromatic N) is 2. The molecule has 1 aromatic heterocycles. The largest absolute Gasteiger partial charge is 0.383 e. The van der Waals surface area contributed by atoms with E-state index >= 15 is 0 Å². The average molecular weight is 479 g/mol. The van der Waals surface area contributed by atoms with Crippen LogP contribution in [-0.4, -0.2) is 54.4 Å². The number of rotatable bonds is 13. The number of benzene rings is 1. The van der Waals surface area contributed by atoms with Crippen molar-refractivity contribution in [2.45, 2.75) is 39.2 Å². The Morgan fingerprint density at radius 3 is 2.52 bits per heavy atom. The number of carbonyl (C=O) groups is 3. The van der Waals surface area contributed by atoms with Crippen LogP contribution in [0.2, 0.25) is 0 Å². The summed E-state index contributed by atoms with van der Waals surface area (Å²) in [5.74, 6) is -1.12. The van der Waals surface area contributed by atoms with Gasteiger partial charge in [0, 0.05) is 44.6 Å². The molecule has 0 aliphatic rings. The maximum Gasteiger partial charge on any atom is 0.247 e. The number of hydrogen-bond acceptors (Lipinski definition) is 6. The van der Waals surface area contributed by atoms with E-state index in [2.05, 4.69) is 29.5 Å². The van der Waals surface area contributed by atoms with Crippen LogP contribution in [0.25, 0.3) is 0 Å². The van der Waals surface area contributed by atoms with Crippen molar-refractivity contribution in [2.75, 3.05) is 32.1 Å². The van der Waals surface area contributed by atoms with E-state index in [1.165, 1.54) is 47.6 Å². The van der Waals surface area contributed by atoms with Gasteiger partial charge in [-0.05, 0) is 30.0 Å². The molecule has 180 valence electrons. The third-order valence-corrected chi connectivity index (χ3v) is 5.56. The van der Waals surface area contributed by atoms with E-state index in [9.17, 15) is 18.8 Å². The number of carbonyl (C=O) groups excluding carboxylic acids is 3. The van der Waals surface area contributed by atoms with Gasteiger partial charge in [-0.2, -0.15) is 0 Å². The molecule has 1 aromatic carbocycles. The Labute approximate surface area is 197 Å². The molecule has 0 bridgehead atoms. The molecule has 2 rings (SSSR count). The molecule has 0 saturated carbocycles. The van der Waals surface area contributed by atoms with Crippen molar-refractivity contribution >= 4 is 34.2 Å². The Morgan fingerprint density at radius 2 is 1.91 bits per heavy atom. The molecule has 0 aliphatic heterocycles. The lowest BCUT2D eigenvalue weighted by Gasteiger charge is -2.31. The second-order valence-corrected chi connectivity index (χ2v) is 8.79. The van der Waals surface area contributed by atoms with Crippen LogP contribution < -0.4 is 10.6 Å². The van der Waals surface area contributed by atoms with Crippen LogP contribution in [0.3, 0.4) is 0 Å². The maximum absolute atomic E-state index is 13.5. The molecular weight excluding hydrogens is 447 g/mol. The monoisotopic (exact) mass is 478 g/mol. The van der Waals surface area contributed by atoms with Gasteiger partial charge < -0.3 is 20.3 Å². The fourth-order valence-corrected chi connectivity index (χ4v) is 3.66. The van der Waals surface area contributed by atoms with Crippen molar-refractivity contribution in [1.82, 2.24) is 15.2 Å². The first-order chi connectivity index (χ1) is 15.8. The topological polar surface area (TPSA) is 101 Å². The lowest BCUT2D eigenvalue weighted by molar-refractivity contribution is -0.142. The zero-order valence-corrected chi connectivity index (χ0v) is 20.0. The van der Waals surface area contributed by atoms with Crippen LogP contribution in [-0.2, 0) is 19.1 Å². The first-order valence-electron chi connectivity index (χ1n) is 10.8. The fourth-order valence-electron chi connectivity index (χ4n) is 3.12. The van der Waals surface area contributed by atoms with Crippen LogP contribution in [0, 0.1) is 11.7 Å². The second-order valence-electron chi connectivity index (χ2n) is 7.89. The smallest absolute Gasteiger partial charge is 0.247 e. The average Bonchev–Trinajstić information content (AvgIpc) is 3.28. The second kappa shape index (κ2) is 13.6.